The molecule has 1 aliphatic heterocycles. The molecule has 1 N–H and O–H groups in total. The van der Waals surface area contributed by atoms with Crippen molar-refractivity contribution in [3.63, 3.8) is 0 Å². The van der Waals surface area contributed by atoms with Crippen LogP contribution in [-0.2, 0) is 13.1 Å². The molecule has 7 heteroatoms. The zero-order valence-electron chi connectivity index (χ0n) is 17.5. The van der Waals surface area contributed by atoms with Gasteiger partial charge in [0.05, 0.1) is 17.8 Å². The van der Waals surface area contributed by atoms with Gasteiger partial charge in [0, 0.05) is 19.3 Å². The average Bonchev–Trinajstić information content (AvgIpc) is 3.19. The molecule has 0 radical (unpaired) electrons. The molecule has 0 aliphatic carbocycles. The molecule has 2 heterocycles. The van der Waals surface area contributed by atoms with E-state index in [0.29, 0.717) is 31.3 Å². The molecular formula is C24H28ClN3O3. The summed E-state index contributed by atoms with van der Waals surface area (Å²) < 4.78 is 13.4. The Morgan fingerprint density at radius 1 is 1.03 bits per heavy atom. The van der Waals surface area contributed by atoms with Crippen molar-refractivity contribution in [2.45, 2.75) is 31.5 Å². The molecule has 4 rings (SSSR count). The van der Waals surface area contributed by atoms with Gasteiger partial charge in [-0.1, -0.05) is 41.9 Å². The van der Waals surface area contributed by atoms with Gasteiger partial charge in [-0.25, -0.2) is 0 Å². The smallest absolute Gasteiger partial charge is 0.119 e. The molecule has 0 spiro atoms. The van der Waals surface area contributed by atoms with Crippen LogP contribution < -0.4 is 9.47 Å². The lowest BCUT2D eigenvalue weighted by Gasteiger charge is -2.39. The first-order chi connectivity index (χ1) is 15.1. The van der Waals surface area contributed by atoms with Crippen molar-refractivity contribution in [3.8, 4) is 11.5 Å². The summed E-state index contributed by atoms with van der Waals surface area (Å²) in [5.41, 5.74) is 0.367. The molecule has 1 atom stereocenters. The van der Waals surface area contributed by atoms with Gasteiger partial charge < -0.3 is 14.6 Å². The highest BCUT2D eigenvalue weighted by molar-refractivity contribution is 6.30. The number of halogens is 1. The fourth-order valence-corrected chi connectivity index (χ4v) is 4.02. The minimum atomic E-state index is -0.827. The number of nitrogens with zero attached hydrogens (tertiary/aromatic N) is 3. The van der Waals surface area contributed by atoms with E-state index in [1.165, 1.54) is 5.56 Å². The van der Waals surface area contributed by atoms with Crippen molar-refractivity contribution in [1.29, 1.82) is 0 Å². The Kier molecular flexibility index (Phi) is 7.12. The Morgan fingerprint density at radius 3 is 2.55 bits per heavy atom. The molecule has 164 valence electrons. The van der Waals surface area contributed by atoms with Crippen LogP contribution in [-0.4, -0.2) is 51.7 Å². The van der Waals surface area contributed by atoms with Crippen LogP contribution in [0, 0.1) is 0 Å². The lowest BCUT2D eigenvalue weighted by Crippen LogP contribution is -2.51. The minimum absolute atomic E-state index is 0.307. The van der Waals surface area contributed by atoms with Crippen molar-refractivity contribution in [1.82, 2.24) is 14.7 Å². The van der Waals surface area contributed by atoms with E-state index in [4.69, 9.17) is 21.1 Å². The Balaban J connectivity index is 1.24. The number of aliphatic hydroxyl groups is 1. The fraction of sp³-hybridized carbons (Fsp3) is 0.375. The normalized spacial score (nSPS) is 19.3. The molecule has 1 saturated heterocycles. The number of ether oxygens (including phenoxy) is 2. The van der Waals surface area contributed by atoms with Crippen molar-refractivity contribution < 1.29 is 14.6 Å². The molecule has 2 aromatic carbocycles. The van der Waals surface area contributed by atoms with E-state index in [0.717, 1.165) is 37.4 Å². The minimum Gasteiger partial charge on any atom is -0.492 e. The van der Waals surface area contributed by atoms with E-state index in [1.54, 1.807) is 17.1 Å². The number of hydrogen-bond donors (Lipinski definition) is 1. The molecule has 0 saturated carbocycles. The Hall–Kier alpha value is -2.54. The lowest BCUT2D eigenvalue weighted by atomic mass is 9.93. The van der Waals surface area contributed by atoms with Crippen molar-refractivity contribution in [2.24, 2.45) is 0 Å². The summed E-state index contributed by atoms with van der Waals surface area (Å²) in [6.07, 6.45) is 5.10. The predicted molar refractivity (Wildman–Crippen MR) is 121 cm³/mol. The summed E-state index contributed by atoms with van der Waals surface area (Å²) in [7, 11) is 0. The highest BCUT2D eigenvalue weighted by atomic mass is 35.5. The molecule has 31 heavy (non-hydrogen) atoms. The number of para-hydroxylation sites is 1. The van der Waals surface area contributed by atoms with Gasteiger partial charge in [-0.3, -0.25) is 9.58 Å². The highest BCUT2D eigenvalue weighted by Crippen LogP contribution is 2.24. The Bertz CT molecular complexity index is 948. The molecule has 6 nitrogen and oxygen atoms in total. The van der Waals surface area contributed by atoms with Crippen LogP contribution in [0.25, 0.3) is 0 Å². The average molecular weight is 442 g/mol. The van der Waals surface area contributed by atoms with Gasteiger partial charge in [0.2, 0.25) is 0 Å². The second-order valence-electron chi connectivity index (χ2n) is 8.05. The number of aromatic nitrogens is 2. The molecule has 1 aromatic heterocycles. The summed E-state index contributed by atoms with van der Waals surface area (Å²) >= 11 is 5.87. The van der Waals surface area contributed by atoms with Crippen LogP contribution in [0.4, 0.5) is 0 Å². The third-order valence-corrected chi connectivity index (χ3v) is 5.60. The van der Waals surface area contributed by atoms with E-state index in [2.05, 4.69) is 22.1 Å². The summed E-state index contributed by atoms with van der Waals surface area (Å²) in [4.78, 5) is 2.29. The number of rotatable bonds is 9. The topological polar surface area (TPSA) is 59.8 Å². The van der Waals surface area contributed by atoms with Crippen LogP contribution in [0.2, 0.25) is 5.02 Å². The largest absolute Gasteiger partial charge is 0.492 e. The Morgan fingerprint density at radius 2 is 1.81 bits per heavy atom. The summed E-state index contributed by atoms with van der Waals surface area (Å²) in [5.74, 6) is 1.62. The maximum Gasteiger partial charge on any atom is 0.119 e. The maximum absolute atomic E-state index is 11.0. The zero-order valence-corrected chi connectivity index (χ0v) is 18.2. The third-order valence-electron chi connectivity index (χ3n) is 5.41. The van der Waals surface area contributed by atoms with Gasteiger partial charge in [0.25, 0.3) is 0 Å². The van der Waals surface area contributed by atoms with Crippen molar-refractivity contribution >= 4 is 11.6 Å². The first-order valence-electron chi connectivity index (χ1n) is 10.6. The first kappa shape index (κ1) is 21.7. The standard InChI is InChI=1S/C24H28ClN3O3/c25-21-15-26-28(17-21)13-14-30-23-9-7-20(8-10-23)16-27-12-4-11-24(29,18-27)19-31-22-5-2-1-3-6-22/h1-3,5-10,15,17,29H,4,11-14,16,18-19H2/t24-/m0/s1. The quantitative estimate of drug-likeness (QED) is 0.543. The van der Waals surface area contributed by atoms with Crippen molar-refractivity contribution in [2.75, 3.05) is 26.3 Å². The van der Waals surface area contributed by atoms with Gasteiger partial charge in [0.15, 0.2) is 0 Å². The molecule has 0 bridgehead atoms. The van der Waals surface area contributed by atoms with Crippen LogP contribution in [0.1, 0.15) is 18.4 Å². The van der Waals surface area contributed by atoms with Gasteiger partial charge >= 0.3 is 0 Å². The third kappa shape index (κ3) is 6.47. The van der Waals surface area contributed by atoms with Gasteiger partial charge in [-0.05, 0) is 49.2 Å². The molecule has 3 aromatic rings. The SMILES string of the molecule is O[C@@]1(COc2ccccc2)CCCN(Cc2ccc(OCCn3cc(Cl)cn3)cc2)C1. The van der Waals surface area contributed by atoms with Gasteiger partial charge in [0.1, 0.15) is 30.3 Å². The monoisotopic (exact) mass is 441 g/mol. The lowest BCUT2D eigenvalue weighted by molar-refractivity contribution is -0.0621. The van der Waals surface area contributed by atoms with Crippen LogP contribution in [0.3, 0.4) is 0 Å². The van der Waals surface area contributed by atoms with E-state index in [-0.39, 0.29) is 0 Å². The number of hydrogen-bond acceptors (Lipinski definition) is 5. The first-order valence-corrected chi connectivity index (χ1v) is 11.0. The number of β-amino-alcohol motifs (C(OH)–C–C–N with tert-alkyl or cyclic N) is 1. The highest BCUT2D eigenvalue weighted by Gasteiger charge is 2.34. The number of likely N-dealkylation sites (tertiary alicyclic amines) is 1. The second-order valence-corrected chi connectivity index (χ2v) is 8.49. The predicted octanol–water partition coefficient (Wildman–Crippen LogP) is 4.02. The van der Waals surface area contributed by atoms with E-state index < -0.39 is 5.60 Å². The van der Waals surface area contributed by atoms with E-state index in [1.807, 2.05) is 42.5 Å². The van der Waals surface area contributed by atoms with Crippen LogP contribution in [0.5, 0.6) is 11.5 Å². The maximum atomic E-state index is 11.0. The van der Waals surface area contributed by atoms with Gasteiger partial charge in [-0.2, -0.15) is 5.10 Å². The molecule has 1 aliphatic rings. The van der Waals surface area contributed by atoms with Crippen LogP contribution >= 0.6 is 11.6 Å². The summed E-state index contributed by atoms with van der Waals surface area (Å²) in [5, 5.41) is 15.8. The second kappa shape index (κ2) is 10.2. The van der Waals surface area contributed by atoms with E-state index >= 15 is 0 Å². The van der Waals surface area contributed by atoms with Crippen molar-refractivity contribution in [3.05, 3.63) is 77.6 Å². The van der Waals surface area contributed by atoms with E-state index in [9.17, 15) is 5.11 Å². The number of benzene rings is 2. The number of piperidine rings is 1. The summed E-state index contributed by atoms with van der Waals surface area (Å²) in [6, 6.07) is 17.8. The van der Waals surface area contributed by atoms with Crippen LogP contribution in [0.15, 0.2) is 67.0 Å². The molecule has 0 unspecified atom stereocenters. The Labute approximate surface area is 188 Å². The fourth-order valence-electron chi connectivity index (χ4n) is 3.86. The molecular weight excluding hydrogens is 414 g/mol. The zero-order chi connectivity index (χ0) is 21.5. The molecule has 1 fully saturated rings. The van der Waals surface area contributed by atoms with Gasteiger partial charge in [-0.15, -0.1) is 0 Å². The molecule has 0 amide bonds. The summed E-state index contributed by atoms with van der Waals surface area (Å²) in [6.45, 7) is 3.84.